The van der Waals surface area contributed by atoms with Crippen LogP contribution in [0.15, 0.2) is 24.4 Å². The minimum absolute atomic E-state index is 0.0601. The molecule has 1 aromatic carbocycles. The van der Waals surface area contributed by atoms with E-state index in [1.165, 1.54) is 0 Å². The molecule has 3 rings (SSSR count). The van der Waals surface area contributed by atoms with E-state index in [9.17, 15) is 0 Å². The maximum Gasteiger partial charge on any atom is 0.224 e. The average Bonchev–Trinajstić information content (AvgIpc) is 2.48. The van der Waals surface area contributed by atoms with Gasteiger partial charge in [-0.25, -0.2) is 9.97 Å². The molecule has 0 bridgehead atoms. The van der Waals surface area contributed by atoms with E-state index < -0.39 is 0 Å². The monoisotopic (exact) mass is 332 g/mol. The fraction of sp³-hybridized carbons (Fsp3) is 0. The molecule has 0 saturated carbocycles. The van der Waals surface area contributed by atoms with Crippen molar-refractivity contribution < 1.29 is 0 Å². The lowest BCUT2D eigenvalue weighted by Crippen LogP contribution is -2.03. The molecule has 110 valence electrons. The maximum absolute atomic E-state index is 5.97. The van der Waals surface area contributed by atoms with E-state index in [0.717, 1.165) is 5.56 Å². The lowest BCUT2D eigenvalue weighted by atomic mass is 10.2. The van der Waals surface area contributed by atoms with Crippen molar-refractivity contribution in [2.24, 2.45) is 0 Å². The van der Waals surface area contributed by atoms with Crippen molar-refractivity contribution in [1.82, 2.24) is 19.9 Å². The van der Waals surface area contributed by atoms with Gasteiger partial charge in [-0.1, -0.05) is 35.3 Å². The maximum atomic E-state index is 5.97. The van der Waals surface area contributed by atoms with Crippen molar-refractivity contribution >= 4 is 58.3 Å². The molecular weight excluding hydrogens is 323 g/mol. The first kappa shape index (κ1) is 14.5. The van der Waals surface area contributed by atoms with Crippen molar-refractivity contribution in [2.75, 3.05) is 11.5 Å². The van der Waals surface area contributed by atoms with Crippen LogP contribution in [0.3, 0.4) is 0 Å². The van der Waals surface area contributed by atoms with Gasteiger partial charge >= 0.3 is 0 Å². The van der Waals surface area contributed by atoms with Crippen LogP contribution in [0.2, 0.25) is 10.0 Å². The first-order chi connectivity index (χ1) is 10.5. The predicted octanol–water partition coefficient (Wildman–Crippen LogP) is 3.06. The van der Waals surface area contributed by atoms with Gasteiger partial charge in [-0.05, 0) is 23.8 Å². The van der Waals surface area contributed by atoms with E-state index in [-0.39, 0.29) is 11.8 Å². The molecule has 0 atom stereocenters. The highest BCUT2D eigenvalue weighted by Gasteiger charge is 2.06. The molecule has 6 nitrogen and oxygen atoms in total. The molecule has 8 heteroatoms. The Morgan fingerprint density at radius 3 is 2.55 bits per heavy atom. The lowest BCUT2D eigenvalue weighted by molar-refractivity contribution is 1.16. The Labute approximate surface area is 135 Å². The quantitative estimate of drug-likeness (QED) is 0.747. The van der Waals surface area contributed by atoms with Crippen LogP contribution < -0.4 is 11.5 Å². The molecule has 4 N–H and O–H groups in total. The number of benzene rings is 1. The van der Waals surface area contributed by atoms with E-state index in [1.807, 2.05) is 12.1 Å². The van der Waals surface area contributed by atoms with Crippen molar-refractivity contribution in [2.45, 2.75) is 0 Å². The van der Waals surface area contributed by atoms with Crippen LogP contribution in [-0.2, 0) is 0 Å². The average molecular weight is 333 g/mol. The molecular formula is C14H10Cl2N6. The first-order valence-corrected chi connectivity index (χ1v) is 6.97. The summed E-state index contributed by atoms with van der Waals surface area (Å²) in [6.45, 7) is 0. The fourth-order valence-electron chi connectivity index (χ4n) is 1.84. The molecule has 2 heterocycles. The normalized spacial score (nSPS) is 11.4. The zero-order chi connectivity index (χ0) is 15.7. The number of aromatic nitrogens is 4. The van der Waals surface area contributed by atoms with Crippen molar-refractivity contribution in [3.63, 3.8) is 0 Å². The fourth-order valence-corrected chi connectivity index (χ4v) is 2.15. The summed E-state index contributed by atoms with van der Waals surface area (Å²) in [5, 5.41) is 0.994. The first-order valence-electron chi connectivity index (χ1n) is 6.22. The molecule has 0 radical (unpaired) electrons. The van der Waals surface area contributed by atoms with Gasteiger partial charge in [0.15, 0.2) is 11.5 Å². The molecule has 0 saturated heterocycles. The smallest absolute Gasteiger partial charge is 0.224 e. The van der Waals surface area contributed by atoms with Crippen LogP contribution >= 0.6 is 23.2 Å². The van der Waals surface area contributed by atoms with Gasteiger partial charge in [0.1, 0.15) is 5.52 Å². The van der Waals surface area contributed by atoms with Crippen LogP contribution in [0, 0.1) is 0 Å². The number of nitrogens with two attached hydrogens (primary N) is 2. The van der Waals surface area contributed by atoms with Crippen molar-refractivity contribution in [1.29, 1.82) is 0 Å². The Hall–Kier alpha value is -2.44. The summed E-state index contributed by atoms with van der Waals surface area (Å²) < 4.78 is 0. The summed E-state index contributed by atoms with van der Waals surface area (Å²) in [5.74, 6) is 0.264. The molecule has 0 aliphatic heterocycles. The third-order valence-electron chi connectivity index (χ3n) is 2.86. The van der Waals surface area contributed by atoms with E-state index >= 15 is 0 Å². The molecule has 2 aromatic heterocycles. The van der Waals surface area contributed by atoms with E-state index in [4.69, 9.17) is 34.7 Å². The molecule has 0 unspecified atom stereocenters. The molecule has 0 fully saturated rings. The Morgan fingerprint density at radius 2 is 1.77 bits per heavy atom. The Morgan fingerprint density at radius 1 is 0.955 bits per heavy atom. The summed E-state index contributed by atoms with van der Waals surface area (Å²) >= 11 is 11.8. The summed E-state index contributed by atoms with van der Waals surface area (Å²) in [4.78, 5) is 16.4. The molecule has 0 amide bonds. The van der Waals surface area contributed by atoms with E-state index in [1.54, 1.807) is 24.4 Å². The van der Waals surface area contributed by atoms with Crippen LogP contribution in [0.5, 0.6) is 0 Å². The predicted molar refractivity (Wildman–Crippen MR) is 89.3 cm³/mol. The minimum Gasteiger partial charge on any atom is -0.382 e. The van der Waals surface area contributed by atoms with Gasteiger partial charge in [0.2, 0.25) is 5.95 Å². The van der Waals surface area contributed by atoms with Gasteiger partial charge in [0.25, 0.3) is 0 Å². The van der Waals surface area contributed by atoms with Crippen molar-refractivity contribution in [3.8, 4) is 0 Å². The molecule has 0 aliphatic rings. The van der Waals surface area contributed by atoms with E-state index in [0.29, 0.717) is 26.9 Å². The highest BCUT2D eigenvalue weighted by Crippen LogP contribution is 2.23. The summed E-state index contributed by atoms with van der Waals surface area (Å²) in [6.07, 6.45) is 5.19. The molecule has 3 aromatic rings. The number of halogens is 2. The number of hydrogen-bond acceptors (Lipinski definition) is 6. The van der Waals surface area contributed by atoms with E-state index in [2.05, 4.69) is 19.9 Å². The number of anilines is 2. The van der Waals surface area contributed by atoms with Gasteiger partial charge in [-0.3, -0.25) is 0 Å². The summed E-state index contributed by atoms with van der Waals surface area (Å²) in [7, 11) is 0. The zero-order valence-corrected chi connectivity index (χ0v) is 12.7. The second-order valence-electron chi connectivity index (χ2n) is 4.44. The molecule has 0 spiro atoms. The van der Waals surface area contributed by atoms with Gasteiger partial charge in [-0.2, -0.15) is 9.97 Å². The Bertz CT molecular complexity index is 894. The third-order valence-corrected chi connectivity index (χ3v) is 3.60. The SMILES string of the molecule is Nc1nc(N)c2ncc(/C=C/c3ccc(Cl)c(Cl)c3)nc2n1. The number of rotatable bonds is 2. The highest BCUT2D eigenvalue weighted by atomic mass is 35.5. The van der Waals surface area contributed by atoms with Crippen LogP contribution in [-0.4, -0.2) is 19.9 Å². The second kappa shape index (κ2) is 5.75. The van der Waals surface area contributed by atoms with Crippen LogP contribution in [0.4, 0.5) is 11.8 Å². The number of nitrogens with zero attached hydrogens (tertiary/aromatic N) is 4. The number of nitrogen functional groups attached to an aromatic ring is 2. The van der Waals surface area contributed by atoms with Gasteiger partial charge < -0.3 is 11.5 Å². The third kappa shape index (κ3) is 2.93. The summed E-state index contributed by atoms with van der Waals surface area (Å²) in [6, 6.07) is 5.33. The standard InChI is InChI=1S/C14H10Cl2N6/c15-9-4-2-7(5-10(9)16)1-3-8-6-19-11-12(17)21-14(18)22-13(11)20-8/h1-6H,(H4,17,18,20,21,22)/b3-1+. The topological polar surface area (TPSA) is 104 Å². The van der Waals surface area contributed by atoms with Gasteiger partial charge in [-0.15, -0.1) is 0 Å². The van der Waals surface area contributed by atoms with Gasteiger partial charge in [0, 0.05) is 0 Å². The second-order valence-corrected chi connectivity index (χ2v) is 5.26. The Kier molecular flexibility index (Phi) is 3.79. The van der Waals surface area contributed by atoms with Crippen molar-refractivity contribution in [3.05, 3.63) is 45.7 Å². The summed E-state index contributed by atoms with van der Waals surface area (Å²) in [5.41, 5.74) is 13.5. The van der Waals surface area contributed by atoms with Crippen LogP contribution in [0.1, 0.15) is 11.3 Å². The van der Waals surface area contributed by atoms with Crippen LogP contribution in [0.25, 0.3) is 23.3 Å². The zero-order valence-electron chi connectivity index (χ0n) is 11.2. The number of fused-ring (bicyclic) bond motifs is 1. The Balaban J connectivity index is 1.96. The molecule has 22 heavy (non-hydrogen) atoms. The minimum atomic E-state index is 0.0601. The van der Waals surface area contributed by atoms with Gasteiger partial charge in [0.05, 0.1) is 21.9 Å². The molecule has 0 aliphatic carbocycles. The lowest BCUT2D eigenvalue weighted by Gasteiger charge is -2.01. The largest absolute Gasteiger partial charge is 0.382 e. The highest BCUT2D eigenvalue weighted by molar-refractivity contribution is 6.42. The number of hydrogen-bond donors (Lipinski definition) is 2.